The molecule has 1 fully saturated rings. The molecular formula is C15H18N4O2S. The van der Waals surface area contributed by atoms with E-state index in [0.717, 1.165) is 43.3 Å². The normalized spacial score (nSPS) is 15.6. The van der Waals surface area contributed by atoms with E-state index in [2.05, 4.69) is 19.8 Å². The van der Waals surface area contributed by atoms with Crippen LogP contribution in [0.2, 0.25) is 0 Å². The first-order valence-electron chi connectivity index (χ1n) is 7.30. The number of ether oxygens (including phenoxy) is 1. The second-order valence-electron chi connectivity index (χ2n) is 5.03. The largest absolute Gasteiger partial charge is 0.379 e. The van der Waals surface area contributed by atoms with Crippen molar-refractivity contribution < 1.29 is 9.53 Å². The van der Waals surface area contributed by atoms with Crippen molar-refractivity contribution in [2.75, 3.05) is 39.4 Å². The highest BCUT2D eigenvalue weighted by Crippen LogP contribution is 2.25. The van der Waals surface area contributed by atoms with Gasteiger partial charge in [-0.3, -0.25) is 9.69 Å². The van der Waals surface area contributed by atoms with Crippen molar-refractivity contribution in [3.8, 4) is 10.4 Å². The van der Waals surface area contributed by atoms with E-state index in [-0.39, 0.29) is 5.91 Å². The van der Waals surface area contributed by atoms with E-state index in [4.69, 9.17) is 4.74 Å². The topological polar surface area (TPSA) is 67.4 Å². The lowest BCUT2D eigenvalue weighted by molar-refractivity contribution is 0.0383. The standard InChI is InChI=1S/C15H18N4O2S/c20-15(16-6-7-19-8-10-21-11-9-19)13-14(22-18-17-13)12-4-2-1-3-5-12/h1-5H,6-11H2,(H,16,20). The molecular weight excluding hydrogens is 300 g/mol. The number of carbonyl (C=O) groups is 1. The van der Waals surface area contributed by atoms with Crippen LogP contribution >= 0.6 is 11.5 Å². The van der Waals surface area contributed by atoms with Gasteiger partial charge in [0, 0.05) is 26.2 Å². The molecule has 0 bridgehead atoms. The van der Waals surface area contributed by atoms with E-state index in [9.17, 15) is 4.79 Å². The van der Waals surface area contributed by atoms with Gasteiger partial charge in [-0.05, 0) is 17.1 Å². The summed E-state index contributed by atoms with van der Waals surface area (Å²) in [4.78, 5) is 15.4. The fourth-order valence-corrected chi connectivity index (χ4v) is 3.02. The molecule has 0 unspecified atom stereocenters. The van der Waals surface area contributed by atoms with E-state index < -0.39 is 0 Å². The SMILES string of the molecule is O=C(NCCN1CCOCC1)c1nnsc1-c1ccccc1. The van der Waals surface area contributed by atoms with E-state index in [1.807, 2.05) is 30.3 Å². The van der Waals surface area contributed by atoms with Crippen molar-refractivity contribution in [3.05, 3.63) is 36.0 Å². The lowest BCUT2D eigenvalue weighted by atomic mass is 10.1. The highest BCUT2D eigenvalue weighted by Gasteiger charge is 2.18. The number of amides is 1. The van der Waals surface area contributed by atoms with Crippen LogP contribution in [-0.4, -0.2) is 59.8 Å². The van der Waals surface area contributed by atoms with Gasteiger partial charge in [-0.15, -0.1) is 5.10 Å². The zero-order chi connectivity index (χ0) is 15.2. The maximum absolute atomic E-state index is 12.3. The summed E-state index contributed by atoms with van der Waals surface area (Å²) in [6.07, 6.45) is 0. The number of nitrogens with zero attached hydrogens (tertiary/aromatic N) is 3. The molecule has 1 aromatic heterocycles. The van der Waals surface area contributed by atoms with Gasteiger partial charge in [0.25, 0.3) is 5.91 Å². The van der Waals surface area contributed by atoms with Crippen molar-refractivity contribution >= 4 is 17.4 Å². The van der Waals surface area contributed by atoms with Gasteiger partial charge >= 0.3 is 0 Å². The number of hydrogen-bond acceptors (Lipinski definition) is 6. The smallest absolute Gasteiger partial charge is 0.273 e. The van der Waals surface area contributed by atoms with Crippen molar-refractivity contribution in [2.45, 2.75) is 0 Å². The second-order valence-corrected chi connectivity index (χ2v) is 5.78. The Kier molecular flexibility index (Phi) is 5.10. The fraction of sp³-hybridized carbons (Fsp3) is 0.400. The van der Waals surface area contributed by atoms with Crippen LogP contribution in [0.3, 0.4) is 0 Å². The van der Waals surface area contributed by atoms with E-state index in [1.54, 1.807) is 0 Å². The number of nitrogens with one attached hydrogen (secondary N) is 1. The number of aromatic nitrogens is 2. The molecule has 1 aromatic carbocycles. The Bertz CT molecular complexity index is 611. The van der Waals surface area contributed by atoms with Gasteiger partial charge in [0.05, 0.1) is 18.1 Å². The summed E-state index contributed by atoms with van der Waals surface area (Å²) in [6, 6.07) is 9.74. The quantitative estimate of drug-likeness (QED) is 0.899. The van der Waals surface area contributed by atoms with Crippen LogP contribution in [0.4, 0.5) is 0 Å². The van der Waals surface area contributed by atoms with E-state index in [1.165, 1.54) is 11.5 Å². The number of hydrogen-bond donors (Lipinski definition) is 1. The zero-order valence-corrected chi connectivity index (χ0v) is 13.0. The summed E-state index contributed by atoms with van der Waals surface area (Å²) in [5.74, 6) is -0.166. The number of rotatable bonds is 5. The average molecular weight is 318 g/mol. The highest BCUT2D eigenvalue weighted by molar-refractivity contribution is 7.09. The first kappa shape index (κ1) is 15.1. The molecule has 2 aromatic rings. The molecule has 22 heavy (non-hydrogen) atoms. The minimum atomic E-state index is -0.166. The summed E-state index contributed by atoms with van der Waals surface area (Å²) in [6.45, 7) is 4.80. The Morgan fingerprint density at radius 2 is 2.05 bits per heavy atom. The predicted octanol–water partition coefficient (Wildman–Crippen LogP) is 1.27. The molecule has 2 heterocycles. The minimum absolute atomic E-state index is 0.166. The van der Waals surface area contributed by atoms with Crippen molar-refractivity contribution in [1.82, 2.24) is 19.8 Å². The molecule has 1 N–H and O–H groups in total. The third-order valence-electron chi connectivity index (χ3n) is 3.56. The van der Waals surface area contributed by atoms with E-state index in [0.29, 0.717) is 12.2 Å². The maximum Gasteiger partial charge on any atom is 0.273 e. The molecule has 1 saturated heterocycles. The maximum atomic E-state index is 12.3. The monoisotopic (exact) mass is 318 g/mol. The van der Waals surface area contributed by atoms with E-state index >= 15 is 0 Å². The summed E-state index contributed by atoms with van der Waals surface area (Å²) in [5, 5.41) is 6.91. The third kappa shape index (κ3) is 3.68. The molecule has 116 valence electrons. The predicted molar refractivity (Wildman–Crippen MR) is 84.9 cm³/mol. The van der Waals surface area contributed by atoms with Gasteiger partial charge < -0.3 is 10.1 Å². The Morgan fingerprint density at radius 1 is 1.27 bits per heavy atom. The Hall–Kier alpha value is -1.83. The molecule has 0 saturated carbocycles. The summed E-state index contributed by atoms with van der Waals surface area (Å²) < 4.78 is 9.23. The lowest BCUT2D eigenvalue weighted by Crippen LogP contribution is -2.41. The lowest BCUT2D eigenvalue weighted by Gasteiger charge is -2.26. The highest BCUT2D eigenvalue weighted by atomic mass is 32.1. The molecule has 0 aliphatic carbocycles. The number of morpholine rings is 1. The summed E-state index contributed by atoms with van der Waals surface area (Å²) in [5.41, 5.74) is 1.37. The van der Waals surface area contributed by atoms with Crippen molar-refractivity contribution in [2.24, 2.45) is 0 Å². The Morgan fingerprint density at radius 3 is 2.82 bits per heavy atom. The van der Waals surface area contributed by atoms with Crippen LogP contribution in [0.25, 0.3) is 10.4 Å². The average Bonchev–Trinajstić information content (AvgIpc) is 3.06. The molecule has 6 nitrogen and oxygen atoms in total. The van der Waals surface area contributed by atoms with Gasteiger partial charge in [0.1, 0.15) is 0 Å². The molecule has 1 aliphatic heterocycles. The molecule has 1 amide bonds. The molecule has 3 rings (SSSR count). The summed E-state index contributed by atoms with van der Waals surface area (Å²) in [7, 11) is 0. The van der Waals surface area contributed by atoms with Crippen LogP contribution in [0.1, 0.15) is 10.5 Å². The third-order valence-corrected chi connectivity index (χ3v) is 4.33. The van der Waals surface area contributed by atoms with Gasteiger partial charge in [-0.2, -0.15) is 0 Å². The van der Waals surface area contributed by atoms with Crippen molar-refractivity contribution in [1.29, 1.82) is 0 Å². The van der Waals surface area contributed by atoms with Crippen molar-refractivity contribution in [3.63, 3.8) is 0 Å². The molecule has 0 spiro atoms. The Labute approximate surface area is 133 Å². The molecule has 1 aliphatic rings. The zero-order valence-electron chi connectivity index (χ0n) is 12.2. The van der Waals surface area contributed by atoms with Gasteiger partial charge in [0.15, 0.2) is 5.69 Å². The number of carbonyl (C=O) groups excluding carboxylic acids is 1. The van der Waals surface area contributed by atoms with Crippen LogP contribution < -0.4 is 5.32 Å². The Balaban J connectivity index is 1.58. The molecule has 0 atom stereocenters. The van der Waals surface area contributed by atoms with Gasteiger partial charge in [0.2, 0.25) is 0 Å². The van der Waals surface area contributed by atoms with Gasteiger partial charge in [-0.1, -0.05) is 34.8 Å². The first-order chi connectivity index (χ1) is 10.8. The molecule has 7 heteroatoms. The molecule has 0 radical (unpaired) electrons. The van der Waals surface area contributed by atoms with Crippen LogP contribution in [-0.2, 0) is 4.74 Å². The van der Waals surface area contributed by atoms with Crippen LogP contribution in [0.15, 0.2) is 30.3 Å². The fourth-order valence-electron chi connectivity index (χ4n) is 2.35. The van der Waals surface area contributed by atoms with Crippen LogP contribution in [0.5, 0.6) is 0 Å². The summed E-state index contributed by atoms with van der Waals surface area (Å²) >= 11 is 1.24. The minimum Gasteiger partial charge on any atom is -0.379 e. The van der Waals surface area contributed by atoms with Gasteiger partial charge in [-0.25, -0.2) is 0 Å². The second kappa shape index (κ2) is 7.44. The van der Waals surface area contributed by atoms with Crippen LogP contribution in [0, 0.1) is 0 Å². The number of benzene rings is 1. The first-order valence-corrected chi connectivity index (χ1v) is 8.08.